The Morgan fingerprint density at radius 3 is 1.67 bits per heavy atom. The smallest absolute Gasteiger partial charge is 0.306 e. The number of esters is 1. The van der Waals surface area contributed by atoms with Gasteiger partial charge >= 0.3 is 11.9 Å². The molecule has 224 valence electrons. The Morgan fingerprint density at radius 2 is 1.08 bits per heavy atom. The number of aliphatic carboxylic acids is 1. The zero-order valence-corrected chi connectivity index (χ0v) is 25.4. The Kier molecular flexibility index (Phi) is 28.8. The fraction of sp³-hybridized carbons (Fsp3) is 0.714. The summed E-state index contributed by atoms with van der Waals surface area (Å²) in [6.07, 6.45) is 39.9. The molecule has 0 radical (unpaired) electrons. The van der Waals surface area contributed by atoms with E-state index >= 15 is 0 Å². The molecule has 4 heteroatoms. The Bertz CT molecular complexity index is 674. The minimum atomic E-state index is -0.733. The Labute approximate surface area is 241 Å². The quantitative estimate of drug-likeness (QED) is 0.0604. The number of hydrogen-bond donors (Lipinski definition) is 1. The van der Waals surface area contributed by atoms with Crippen LogP contribution >= 0.6 is 0 Å². The van der Waals surface area contributed by atoms with E-state index in [9.17, 15) is 9.59 Å². The molecule has 0 aromatic rings. The van der Waals surface area contributed by atoms with Gasteiger partial charge in [-0.25, -0.2) is 0 Å². The van der Waals surface area contributed by atoms with E-state index in [2.05, 4.69) is 62.5 Å². The molecular weight excluding hydrogens is 484 g/mol. The molecule has 0 aliphatic rings. The molecule has 0 spiro atoms. The van der Waals surface area contributed by atoms with E-state index in [1.165, 1.54) is 44.9 Å². The highest BCUT2D eigenvalue weighted by molar-refractivity contribution is 5.69. The maximum atomic E-state index is 12.4. The van der Waals surface area contributed by atoms with Gasteiger partial charge in [0, 0.05) is 12.8 Å². The molecule has 1 atom stereocenters. The summed E-state index contributed by atoms with van der Waals surface area (Å²) in [6.45, 7) is 4.36. The fourth-order valence-corrected chi connectivity index (χ4v) is 4.47. The van der Waals surface area contributed by atoms with Crippen molar-refractivity contribution in [1.82, 2.24) is 0 Å². The standard InChI is InChI=1S/C35H60O4/c1-3-5-7-9-10-11-12-13-14-15-16-17-18-19-20-21-22-23-28-32-35(38)39-33(29-25-8-6-4-2)30-26-24-27-31-34(36)37/h5,7,10-11,13-14,16-17,33H,3-4,6,8-9,12,15,18-32H2,1-2H3,(H,36,37)/b7-5-,11-10-,14-13-,17-16-. The van der Waals surface area contributed by atoms with E-state index in [0.29, 0.717) is 12.8 Å². The van der Waals surface area contributed by atoms with Crippen LogP contribution in [0.25, 0.3) is 0 Å². The second-order valence-electron chi connectivity index (χ2n) is 10.6. The first kappa shape index (κ1) is 36.9. The highest BCUT2D eigenvalue weighted by Crippen LogP contribution is 2.17. The fourth-order valence-electron chi connectivity index (χ4n) is 4.47. The van der Waals surface area contributed by atoms with Crippen molar-refractivity contribution in [2.75, 3.05) is 0 Å². The van der Waals surface area contributed by atoms with Crippen LogP contribution < -0.4 is 0 Å². The first-order valence-corrected chi connectivity index (χ1v) is 16.1. The number of carboxylic acids is 1. The molecule has 1 N–H and O–H groups in total. The zero-order chi connectivity index (χ0) is 28.7. The van der Waals surface area contributed by atoms with Crippen LogP contribution in [0.4, 0.5) is 0 Å². The summed E-state index contributed by atoms with van der Waals surface area (Å²) in [5.41, 5.74) is 0. The van der Waals surface area contributed by atoms with Crippen LogP contribution in [-0.2, 0) is 14.3 Å². The second kappa shape index (κ2) is 30.4. The normalized spacial score (nSPS) is 12.9. The maximum absolute atomic E-state index is 12.4. The van der Waals surface area contributed by atoms with Gasteiger partial charge in [-0.3, -0.25) is 9.59 Å². The van der Waals surface area contributed by atoms with Crippen LogP contribution in [0.3, 0.4) is 0 Å². The SMILES string of the molecule is CC/C=C\C/C=C\C/C=C\C/C=C\CCCCCCCCC(=O)OC(CCCCCC)CCCCCC(=O)O. The average Bonchev–Trinajstić information content (AvgIpc) is 2.91. The lowest BCUT2D eigenvalue weighted by molar-refractivity contribution is -0.150. The molecule has 0 aliphatic carbocycles. The van der Waals surface area contributed by atoms with Crippen molar-refractivity contribution in [3.8, 4) is 0 Å². The lowest BCUT2D eigenvalue weighted by atomic mass is 10.0. The Hall–Kier alpha value is -2.10. The highest BCUT2D eigenvalue weighted by atomic mass is 16.5. The van der Waals surface area contributed by atoms with Gasteiger partial charge < -0.3 is 9.84 Å². The van der Waals surface area contributed by atoms with Crippen LogP contribution in [0, 0.1) is 0 Å². The molecule has 0 heterocycles. The van der Waals surface area contributed by atoms with Gasteiger partial charge in [0.25, 0.3) is 0 Å². The minimum absolute atomic E-state index is 0.00227. The average molecular weight is 545 g/mol. The van der Waals surface area contributed by atoms with Gasteiger partial charge in [-0.15, -0.1) is 0 Å². The molecule has 0 aromatic heterocycles. The number of unbranched alkanes of at least 4 members (excludes halogenated alkanes) is 11. The van der Waals surface area contributed by atoms with Crippen LogP contribution in [0.15, 0.2) is 48.6 Å². The Balaban J connectivity index is 3.79. The molecule has 39 heavy (non-hydrogen) atoms. The number of allylic oxidation sites excluding steroid dienone is 8. The minimum Gasteiger partial charge on any atom is -0.481 e. The molecule has 1 unspecified atom stereocenters. The number of ether oxygens (including phenoxy) is 1. The summed E-state index contributed by atoms with van der Waals surface area (Å²) in [4.78, 5) is 23.1. The third-order valence-electron chi connectivity index (χ3n) is 6.82. The van der Waals surface area contributed by atoms with Crippen molar-refractivity contribution in [2.24, 2.45) is 0 Å². The van der Waals surface area contributed by atoms with Crippen molar-refractivity contribution in [2.45, 2.75) is 161 Å². The summed E-state index contributed by atoms with van der Waals surface area (Å²) in [7, 11) is 0. The summed E-state index contributed by atoms with van der Waals surface area (Å²) < 4.78 is 5.82. The van der Waals surface area contributed by atoms with Gasteiger partial charge in [0.2, 0.25) is 0 Å². The van der Waals surface area contributed by atoms with Crippen molar-refractivity contribution in [3.63, 3.8) is 0 Å². The largest absolute Gasteiger partial charge is 0.481 e. The first-order valence-electron chi connectivity index (χ1n) is 16.1. The number of carboxylic acid groups (broad SMARTS) is 1. The van der Waals surface area contributed by atoms with Gasteiger partial charge in [0.05, 0.1) is 0 Å². The summed E-state index contributed by atoms with van der Waals surface area (Å²) in [5.74, 6) is -0.788. The van der Waals surface area contributed by atoms with E-state index in [-0.39, 0.29) is 18.5 Å². The molecule has 0 rings (SSSR count). The molecule has 4 nitrogen and oxygen atoms in total. The molecule has 0 bridgehead atoms. The van der Waals surface area contributed by atoms with E-state index in [4.69, 9.17) is 9.84 Å². The Morgan fingerprint density at radius 1 is 0.590 bits per heavy atom. The van der Waals surface area contributed by atoms with E-state index in [0.717, 1.165) is 77.0 Å². The predicted octanol–water partition coefficient (Wildman–Crippen LogP) is 10.8. The number of carbonyl (C=O) groups is 2. The van der Waals surface area contributed by atoms with Crippen molar-refractivity contribution < 1.29 is 19.4 Å². The highest BCUT2D eigenvalue weighted by Gasteiger charge is 2.14. The number of rotatable bonds is 28. The van der Waals surface area contributed by atoms with Crippen LogP contribution in [0.5, 0.6) is 0 Å². The first-order chi connectivity index (χ1) is 19.1. The number of hydrogen-bond acceptors (Lipinski definition) is 3. The molecule has 0 aromatic carbocycles. The maximum Gasteiger partial charge on any atom is 0.306 e. The molecule has 0 amide bonds. The predicted molar refractivity (Wildman–Crippen MR) is 167 cm³/mol. The summed E-state index contributed by atoms with van der Waals surface area (Å²) in [5, 5.41) is 8.78. The van der Waals surface area contributed by atoms with Gasteiger partial charge in [-0.2, -0.15) is 0 Å². The van der Waals surface area contributed by atoms with Gasteiger partial charge in [0.1, 0.15) is 6.10 Å². The third kappa shape index (κ3) is 30.3. The van der Waals surface area contributed by atoms with Crippen LogP contribution in [-0.4, -0.2) is 23.1 Å². The van der Waals surface area contributed by atoms with Crippen molar-refractivity contribution in [3.05, 3.63) is 48.6 Å². The molecule has 0 aliphatic heterocycles. The second-order valence-corrected chi connectivity index (χ2v) is 10.6. The van der Waals surface area contributed by atoms with E-state index in [1.54, 1.807) is 0 Å². The van der Waals surface area contributed by atoms with Crippen molar-refractivity contribution >= 4 is 11.9 Å². The topological polar surface area (TPSA) is 63.6 Å². The molecule has 0 saturated heterocycles. The van der Waals surface area contributed by atoms with Gasteiger partial charge in [0.15, 0.2) is 0 Å². The van der Waals surface area contributed by atoms with E-state index in [1.807, 2.05) is 0 Å². The van der Waals surface area contributed by atoms with Gasteiger partial charge in [-0.05, 0) is 77.0 Å². The lowest BCUT2D eigenvalue weighted by Crippen LogP contribution is -2.18. The molecular formula is C35H60O4. The van der Waals surface area contributed by atoms with Crippen LogP contribution in [0.2, 0.25) is 0 Å². The van der Waals surface area contributed by atoms with Crippen molar-refractivity contribution in [1.29, 1.82) is 0 Å². The number of carbonyl (C=O) groups excluding carboxylic acids is 1. The monoisotopic (exact) mass is 544 g/mol. The third-order valence-corrected chi connectivity index (χ3v) is 6.82. The summed E-state index contributed by atoms with van der Waals surface area (Å²) in [6, 6.07) is 0. The van der Waals surface area contributed by atoms with Crippen LogP contribution in [0.1, 0.15) is 155 Å². The van der Waals surface area contributed by atoms with Gasteiger partial charge in [-0.1, -0.05) is 114 Å². The molecule has 0 saturated carbocycles. The van der Waals surface area contributed by atoms with E-state index < -0.39 is 5.97 Å². The lowest BCUT2D eigenvalue weighted by Gasteiger charge is -2.18. The molecule has 0 fully saturated rings. The summed E-state index contributed by atoms with van der Waals surface area (Å²) >= 11 is 0. The zero-order valence-electron chi connectivity index (χ0n) is 25.4.